The van der Waals surface area contributed by atoms with Crippen LogP contribution in [-0.2, 0) is 6.18 Å². The number of nitrogens with zero attached hydrogens (tertiary/aromatic N) is 2. The van der Waals surface area contributed by atoms with Crippen molar-refractivity contribution < 1.29 is 13.2 Å². The molecule has 0 saturated heterocycles. The molecule has 1 unspecified atom stereocenters. The van der Waals surface area contributed by atoms with Crippen LogP contribution in [0.1, 0.15) is 29.8 Å². The summed E-state index contributed by atoms with van der Waals surface area (Å²) in [6, 6.07) is 6.53. The Balaban J connectivity index is 2.39. The lowest BCUT2D eigenvalue weighted by molar-refractivity contribution is -0.137. The van der Waals surface area contributed by atoms with Crippen molar-refractivity contribution in [1.82, 2.24) is 9.78 Å². The van der Waals surface area contributed by atoms with Gasteiger partial charge in [-0.2, -0.15) is 18.3 Å². The van der Waals surface area contributed by atoms with Gasteiger partial charge in [-0.15, -0.1) is 0 Å². The molecule has 1 heterocycles. The molecule has 102 valence electrons. The second-order valence-corrected chi connectivity index (χ2v) is 4.45. The fraction of sp³-hybridized carbons (Fsp3) is 0.308. The van der Waals surface area contributed by atoms with Crippen LogP contribution >= 0.6 is 0 Å². The molecular formula is C13H14F3N3. The van der Waals surface area contributed by atoms with Gasteiger partial charge in [0.05, 0.1) is 17.3 Å². The van der Waals surface area contributed by atoms with Crippen LogP contribution in [0.5, 0.6) is 0 Å². The average molecular weight is 269 g/mol. The summed E-state index contributed by atoms with van der Waals surface area (Å²) in [5, 5.41) is 4.19. The molecule has 0 bridgehead atoms. The van der Waals surface area contributed by atoms with Gasteiger partial charge in [0.25, 0.3) is 0 Å². The second kappa shape index (κ2) is 4.60. The van der Waals surface area contributed by atoms with E-state index in [1.165, 1.54) is 10.7 Å². The summed E-state index contributed by atoms with van der Waals surface area (Å²) in [7, 11) is 0. The predicted octanol–water partition coefficient (Wildman–Crippen LogP) is 3.40. The van der Waals surface area contributed by atoms with Gasteiger partial charge in [-0.1, -0.05) is 12.1 Å². The van der Waals surface area contributed by atoms with Gasteiger partial charge in [0.1, 0.15) is 5.82 Å². The zero-order valence-electron chi connectivity index (χ0n) is 10.6. The minimum absolute atomic E-state index is 0.351. The Hall–Kier alpha value is -1.98. The normalized spacial score (nSPS) is 13.5. The van der Waals surface area contributed by atoms with E-state index in [1.54, 1.807) is 26.0 Å². The van der Waals surface area contributed by atoms with Crippen molar-refractivity contribution >= 4 is 5.82 Å². The highest BCUT2D eigenvalue weighted by molar-refractivity contribution is 5.34. The molecule has 0 radical (unpaired) electrons. The van der Waals surface area contributed by atoms with E-state index >= 15 is 0 Å². The second-order valence-electron chi connectivity index (χ2n) is 4.45. The molecule has 19 heavy (non-hydrogen) atoms. The lowest BCUT2D eigenvalue weighted by Gasteiger charge is -2.16. The maximum atomic E-state index is 12.7. The summed E-state index contributed by atoms with van der Waals surface area (Å²) < 4.78 is 39.5. The van der Waals surface area contributed by atoms with Crippen LogP contribution in [0, 0.1) is 6.92 Å². The fourth-order valence-electron chi connectivity index (χ4n) is 1.96. The van der Waals surface area contributed by atoms with Gasteiger partial charge >= 0.3 is 6.18 Å². The Morgan fingerprint density at radius 2 is 1.95 bits per heavy atom. The predicted molar refractivity (Wildman–Crippen MR) is 66.6 cm³/mol. The summed E-state index contributed by atoms with van der Waals surface area (Å²) in [6.07, 6.45) is -4.35. The van der Waals surface area contributed by atoms with E-state index in [9.17, 15) is 13.2 Å². The van der Waals surface area contributed by atoms with Gasteiger partial charge in [-0.05, 0) is 31.5 Å². The quantitative estimate of drug-likeness (QED) is 0.908. The SMILES string of the molecule is Cc1cc(N)n(C(C)c2cccc(C(F)(F)F)c2)n1. The third kappa shape index (κ3) is 2.72. The van der Waals surface area contributed by atoms with Crippen molar-refractivity contribution in [3.8, 4) is 0 Å². The first-order chi connectivity index (χ1) is 8.79. The van der Waals surface area contributed by atoms with Crippen molar-refractivity contribution in [2.75, 3.05) is 5.73 Å². The highest BCUT2D eigenvalue weighted by Gasteiger charge is 2.30. The van der Waals surface area contributed by atoms with Crippen LogP contribution in [0.4, 0.5) is 19.0 Å². The summed E-state index contributed by atoms with van der Waals surface area (Å²) in [6.45, 7) is 3.55. The molecule has 0 saturated carbocycles. The largest absolute Gasteiger partial charge is 0.416 e. The zero-order valence-corrected chi connectivity index (χ0v) is 10.6. The summed E-state index contributed by atoms with van der Waals surface area (Å²) >= 11 is 0. The third-order valence-corrected chi connectivity index (χ3v) is 2.95. The number of anilines is 1. The molecule has 1 aromatic carbocycles. The van der Waals surface area contributed by atoms with Crippen LogP contribution in [0.25, 0.3) is 0 Å². The molecule has 0 aliphatic heterocycles. The van der Waals surface area contributed by atoms with Crippen LogP contribution in [0.15, 0.2) is 30.3 Å². The minimum Gasteiger partial charge on any atom is -0.384 e. The molecule has 2 N–H and O–H groups in total. The van der Waals surface area contributed by atoms with Crippen LogP contribution in [0.2, 0.25) is 0 Å². The van der Waals surface area contributed by atoms with E-state index in [0.29, 0.717) is 11.4 Å². The van der Waals surface area contributed by atoms with Gasteiger partial charge < -0.3 is 5.73 Å². The van der Waals surface area contributed by atoms with Gasteiger partial charge in [0.2, 0.25) is 0 Å². The maximum absolute atomic E-state index is 12.7. The lowest BCUT2D eigenvalue weighted by atomic mass is 10.1. The molecule has 2 rings (SSSR count). The van der Waals surface area contributed by atoms with Crippen molar-refractivity contribution in [3.05, 3.63) is 47.2 Å². The summed E-state index contributed by atoms with van der Waals surface area (Å²) in [4.78, 5) is 0. The van der Waals surface area contributed by atoms with Gasteiger partial charge in [0.15, 0.2) is 0 Å². The number of rotatable bonds is 2. The fourth-order valence-corrected chi connectivity index (χ4v) is 1.96. The van der Waals surface area contributed by atoms with Crippen LogP contribution in [0.3, 0.4) is 0 Å². The van der Waals surface area contributed by atoms with Gasteiger partial charge in [-0.25, -0.2) is 4.68 Å². The first-order valence-corrected chi connectivity index (χ1v) is 5.78. The zero-order chi connectivity index (χ0) is 14.2. The number of nitrogens with two attached hydrogens (primary N) is 1. The van der Waals surface area contributed by atoms with Crippen molar-refractivity contribution in [3.63, 3.8) is 0 Å². The van der Waals surface area contributed by atoms with Crippen LogP contribution < -0.4 is 5.73 Å². The third-order valence-electron chi connectivity index (χ3n) is 2.95. The molecule has 1 atom stereocenters. The average Bonchev–Trinajstić information content (AvgIpc) is 2.66. The highest BCUT2D eigenvalue weighted by atomic mass is 19.4. The molecule has 3 nitrogen and oxygen atoms in total. The molecule has 6 heteroatoms. The molecule has 0 aliphatic carbocycles. The number of aryl methyl sites for hydroxylation is 1. The lowest BCUT2D eigenvalue weighted by Crippen LogP contribution is -2.13. The molecule has 0 aliphatic rings. The summed E-state index contributed by atoms with van der Waals surface area (Å²) in [5.41, 5.74) is 6.37. The number of halogens is 3. The van der Waals surface area contributed by atoms with E-state index < -0.39 is 11.7 Å². The number of benzene rings is 1. The molecule has 0 spiro atoms. The molecule has 0 fully saturated rings. The van der Waals surface area contributed by atoms with E-state index in [-0.39, 0.29) is 6.04 Å². The number of nitrogen functional groups attached to an aromatic ring is 1. The van der Waals surface area contributed by atoms with Crippen molar-refractivity contribution in [2.45, 2.75) is 26.1 Å². The van der Waals surface area contributed by atoms with E-state index in [0.717, 1.165) is 17.8 Å². The topological polar surface area (TPSA) is 43.8 Å². The standard InChI is InChI=1S/C13H14F3N3/c1-8-6-12(17)19(18-8)9(2)10-4-3-5-11(7-10)13(14,15)16/h3-7,9H,17H2,1-2H3. The molecule has 1 aromatic heterocycles. The Bertz CT molecular complexity index is 587. The summed E-state index contributed by atoms with van der Waals surface area (Å²) in [5.74, 6) is 0.433. The number of hydrogen-bond acceptors (Lipinski definition) is 2. The Kier molecular flexibility index (Phi) is 3.26. The van der Waals surface area contributed by atoms with E-state index in [2.05, 4.69) is 5.10 Å². The Morgan fingerprint density at radius 1 is 1.26 bits per heavy atom. The first kappa shape index (κ1) is 13.5. The van der Waals surface area contributed by atoms with Gasteiger partial charge in [-0.3, -0.25) is 0 Å². The van der Waals surface area contributed by atoms with E-state index in [1.807, 2.05) is 0 Å². The Morgan fingerprint density at radius 3 is 2.47 bits per heavy atom. The maximum Gasteiger partial charge on any atom is 0.416 e. The van der Waals surface area contributed by atoms with Crippen molar-refractivity contribution in [2.24, 2.45) is 0 Å². The highest BCUT2D eigenvalue weighted by Crippen LogP contribution is 2.31. The number of aromatic nitrogens is 2. The molecular weight excluding hydrogens is 255 g/mol. The number of hydrogen-bond donors (Lipinski definition) is 1. The number of alkyl halides is 3. The van der Waals surface area contributed by atoms with E-state index in [4.69, 9.17) is 5.73 Å². The monoisotopic (exact) mass is 269 g/mol. The van der Waals surface area contributed by atoms with Gasteiger partial charge in [0, 0.05) is 6.07 Å². The first-order valence-electron chi connectivity index (χ1n) is 5.78. The molecule has 2 aromatic rings. The minimum atomic E-state index is -4.35. The molecule has 0 amide bonds. The van der Waals surface area contributed by atoms with Crippen molar-refractivity contribution in [1.29, 1.82) is 0 Å². The van der Waals surface area contributed by atoms with Crippen LogP contribution in [-0.4, -0.2) is 9.78 Å². The Labute approximate surface area is 108 Å². The smallest absolute Gasteiger partial charge is 0.384 e.